The Morgan fingerprint density at radius 2 is 2.56 bits per heavy atom. The Balaban J connectivity index is 2.14. The largest absolute Gasteiger partial charge is 0.359 e. The van der Waals surface area contributed by atoms with E-state index in [0.717, 1.165) is 0 Å². The van der Waals surface area contributed by atoms with Gasteiger partial charge >= 0.3 is 0 Å². The first kappa shape index (κ1) is 5.20. The number of carbonyl (C=O) groups excluding carboxylic acids is 1. The van der Waals surface area contributed by atoms with Gasteiger partial charge in [-0.05, 0) is 0 Å². The topological polar surface area (TPSA) is 50.4 Å². The minimum absolute atomic E-state index is 0.0590. The molecule has 2 fully saturated rings. The molecule has 50 valence electrons. The van der Waals surface area contributed by atoms with Gasteiger partial charge in [-0.3, -0.25) is 10.1 Å². The van der Waals surface area contributed by atoms with Gasteiger partial charge in [0.1, 0.15) is 12.3 Å². The standard InChI is InChI=1S/C5H8N2O2/c8-5-3-2-9-4(7-3)1-6-5/h3-4,7H,1-2H2,(H,6,8)/t3-,4+/m0/s1. The van der Waals surface area contributed by atoms with E-state index in [1.165, 1.54) is 0 Å². The highest BCUT2D eigenvalue weighted by Gasteiger charge is 2.34. The van der Waals surface area contributed by atoms with Crippen LogP contribution in [0.25, 0.3) is 0 Å². The highest BCUT2D eigenvalue weighted by atomic mass is 16.5. The first-order valence-electron chi connectivity index (χ1n) is 3.01. The molecular formula is C5H8N2O2. The van der Waals surface area contributed by atoms with Gasteiger partial charge < -0.3 is 10.1 Å². The summed E-state index contributed by atoms with van der Waals surface area (Å²) >= 11 is 0. The van der Waals surface area contributed by atoms with Crippen molar-refractivity contribution in [1.29, 1.82) is 0 Å². The summed E-state index contributed by atoms with van der Waals surface area (Å²) < 4.78 is 5.15. The van der Waals surface area contributed by atoms with Crippen LogP contribution in [0.2, 0.25) is 0 Å². The van der Waals surface area contributed by atoms with E-state index < -0.39 is 0 Å². The van der Waals surface area contributed by atoms with Crippen molar-refractivity contribution in [3.8, 4) is 0 Å². The van der Waals surface area contributed by atoms with E-state index in [1.54, 1.807) is 0 Å². The second-order valence-electron chi connectivity index (χ2n) is 2.29. The third-order valence-corrected chi connectivity index (χ3v) is 1.63. The number of hydrogen-bond acceptors (Lipinski definition) is 3. The van der Waals surface area contributed by atoms with Crippen molar-refractivity contribution in [2.75, 3.05) is 13.2 Å². The van der Waals surface area contributed by atoms with Gasteiger partial charge in [-0.15, -0.1) is 0 Å². The lowest BCUT2D eigenvalue weighted by atomic mass is 10.2. The van der Waals surface area contributed by atoms with Gasteiger partial charge in [0.25, 0.3) is 0 Å². The molecule has 0 radical (unpaired) electrons. The third-order valence-electron chi connectivity index (χ3n) is 1.63. The Labute approximate surface area is 52.6 Å². The van der Waals surface area contributed by atoms with Crippen LogP contribution in [0.15, 0.2) is 0 Å². The summed E-state index contributed by atoms with van der Waals surface area (Å²) in [4.78, 5) is 10.8. The van der Waals surface area contributed by atoms with Crippen molar-refractivity contribution in [3.05, 3.63) is 0 Å². The highest BCUT2D eigenvalue weighted by Crippen LogP contribution is 2.06. The normalized spacial score (nSPS) is 40.7. The van der Waals surface area contributed by atoms with Gasteiger partial charge in [0, 0.05) is 0 Å². The molecule has 2 rings (SSSR count). The Hall–Kier alpha value is -0.610. The van der Waals surface area contributed by atoms with Gasteiger partial charge in [0.15, 0.2) is 0 Å². The molecule has 2 N–H and O–H groups in total. The van der Waals surface area contributed by atoms with E-state index in [0.29, 0.717) is 13.2 Å². The van der Waals surface area contributed by atoms with E-state index in [1.807, 2.05) is 0 Å². The van der Waals surface area contributed by atoms with E-state index in [2.05, 4.69) is 10.6 Å². The fraction of sp³-hybridized carbons (Fsp3) is 0.800. The first-order valence-corrected chi connectivity index (χ1v) is 3.01. The van der Waals surface area contributed by atoms with Gasteiger partial charge in [0.05, 0.1) is 13.2 Å². The van der Waals surface area contributed by atoms with Crippen LogP contribution >= 0.6 is 0 Å². The van der Waals surface area contributed by atoms with Crippen LogP contribution in [-0.2, 0) is 9.53 Å². The number of ether oxygens (including phenoxy) is 1. The van der Waals surface area contributed by atoms with Crippen molar-refractivity contribution in [1.82, 2.24) is 10.6 Å². The Bertz CT molecular complexity index is 148. The van der Waals surface area contributed by atoms with Crippen LogP contribution in [-0.4, -0.2) is 31.3 Å². The molecule has 0 aromatic carbocycles. The number of piperazine rings is 1. The summed E-state index contributed by atoms with van der Waals surface area (Å²) in [6.07, 6.45) is 0.0627. The smallest absolute Gasteiger partial charge is 0.239 e. The zero-order valence-electron chi connectivity index (χ0n) is 4.89. The Morgan fingerprint density at radius 1 is 1.67 bits per heavy atom. The van der Waals surface area contributed by atoms with Crippen LogP contribution in [0, 0.1) is 0 Å². The maximum absolute atomic E-state index is 10.8. The molecule has 0 unspecified atom stereocenters. The molecule has 2 aliphatic rings. The molecular weight excluding hydrogens is 120 g/mol. The molecule has 0 spiro atoms. The molecule has 2 heterocycles. The number of rotatable bonds is 0. The lowest BCUT2D eigenvalue weighted by Crippen LogP contribution is -2.53. The maximum Gasteiger partial charge on any atom is 0.239 e. The fourth-order valence-corrected chi connectivity index (χ4v) is 1.12. The lowest BCUT2D eigenvalue weighted by Gasteiger charge is -2.18. The van der Waals surface area contributed by atoms with Crippen LogP contribution in [0.5, 0.6) is 0 Å². The molecule has 1 amide bonds. The van der Waals surface area contributed by atoms with Crippen LogP contribution in [0.3, 0.4) is 0 Å². The molecule has 4 nitrogen and oxygen atoms in total. The molecule has 2 atom stereocenters. The maximum atomic E-state index is 10.8. The molecule has 0 saturated carbocycles. The van der Waals surface area contributed by atoms with Gasteiger partial charge in [-0.2, -0.15) is 0 Å². The number of nitrogens with one attached hydrogen (secondary N) is 2. The first-order chi connectivity index (χ1) is 4.36. The van der Waals surface area contributed by atoms with E-state index in [-0.39, 0.29) is 18.2 Å². The second kappa shape index (κ2) is 1.68. The molecule has 4 heteroatoms. The summed E-state index contributed by atoms with van der Waals surface area (Å²) in [6, 6.07) is -0.0938. The highest BCUT2D eigenvalue weighted by molar-refractivity contribution is 5.83. The molecule has 2 saturated heterocycles. The molecule has 2 bridgehead atoms. The summed E-state index contributed by atoms with van der Waals surface area (Å²) in [5.41, 5.74) is 0. The predicted molar refractivity (Wildman–Crippen MR) is 29.7 cm³/mol. The van der Waals surface area contributed by atoms with Crippen LogP contribution in [0.4, 0.5) is 0 Å². The average Bonchev–Trinajstić information content (AvgIpc) is 2.25. The monoisotopic (exact) mass is 128 g/mol. The number of amides is 1. The average molecular weight is 128 g/mol. The van der Waals surface area contributed by atoms with E-state index in [9.17, 15) is 4.79 Å². The van der Waals surface area contributed by atoms with Crippen molar-refractivity contribution < 1.29 is 9.53 Å². The summed E-state index contributed by atoms with van der Waals surface area (Å²) in [5.74, 6) is 0.0590. The summed E-state index contributed by atoms with van der Waals surface area (Å²) in [5, 5.41) is 5.72. The molecule has 0 aliphatic carbocycles. The SMILES string of the molecule is O=C1NC[C@@H]2N[C@H]1CO2. The second-order valence-corrected chi connectivity index (χ2v) is 2.29. The third kappa shape index (κ3) is 0.710. The minimum Gasteiger partial charge on any atom is -0.359 e. The van der Waals surface area contributed by atoms with Crippen LogP contribution < -0.4 is 10.6 Å². The number of carbonyl (C=O) groups is 1. The summed E-state index contributed by atoms with van der Waals surface area (Å²) in [7, 11) is 0. The number of hydrogen-bond donors (Lipinski definition) is 2. The number of fused-ring (bicyclic) bond motifs is 2. The Morgan fingerprint density at radius 3 is 3.33 bits per heavy atom. The lowest BCUT2D eigenvalue weighted by molar-refractivity contribution is -0.123. The van der Waals surface area contributed by atoms with Gasteiger partial charge in [-0.1, -0.05) is 0 Å². The van der Waals surface area contributed by atoms with Crippen LogP contribution in [0.1, 0.15) is 0 Å². The minimum atomic E-state index is -0.0938. The van der Waals surface area contributed by atoms with E-state index in [4.69, 9.17) is 4.74 Å². The van der Waals surface area contributed by atoms with Crippen molar-refractivity contribution >= 4 is 5.91 Å². The van der Waals surface area contributed by atoms with Crippen molar-refractivity contribution in [2.45, 2.75) is 12.3 Å². The molecule has 0 aromatic rings. The predicted octanol–water partition coefficient (Wildman–Crippen LogP) is -1.57. The fourth-order valence-electron chi connectivity index (χ4n) is 1.12. The van der Waals surface area contributed by atoms with Gasteiger partial charge in [0.2, 0.25) is 5.91 Å². The zero-order chi connectivity index (χ0) is 6.27. The zero-order valence-corrected chi connectivity index (χ0v) is 4.89. The Kier molecular flexibility index (Phi) is 0.972. The summed E-state index contributed by atoms with van der Waals surface area (Å²) in [6.45, 7) is 1.13. The molecule has 2 aliphatic heterocycles. The molecule has 0 aromatic heterocycles. The quantitative estimate of drug-likeness (QED) is 0.414. The van der Waals surface area contributed by atoms with Crippen molar-refractivity contribution in [2.24, 2.45) is 0 Å². The van der Waals surface area contributed by atoms with Crippen molar-refractivity contribution in [3.63, 3.8) is 0 Å². The van der Waals surface area contributed by atoms with E-state index >= 15 is 0 Å². The molecule has 9 heavy (non-hydrogen) atoms. The van der Waals surface area contributed by atoms with Gasteiger partial charge in [-0.25, -0.2) is 0 Å².